The molecule has 0 unspecified atom stereocenters. The summed E-state index contributed by atoms with van der Waals surface area (Å²) in [6.45, 7) is 4.66. The second-order valence-corrected chi connectivity index (χ2v) is 6.46. The molecule has 1 heterocycles. The van der Waals surface area contributed by atoms with Crippen molar-refractivity contribution in [3.8, 4) is 0 Å². The number of thiazole rings is 1. The van der Waals surface area contributed by atoms with Gasteiger partial charge in [-0.25, -0.2) is 14.2 Å². The van der Waals surface area contributed by atoms with E-state index in [4.69, 9.17) is 0 Å². The van der Waals surface area contributed by atoms with E-state index in [1.807, 2.05) is 13.8 Å². The Bertz CT molecular complexity index is 700. The lowest BCUT2D eigenvalue weighted by molar-refractivity contribution is -0.120. The number of aromatic nitrogens is 1. The normalized spacial score (nSPS) is 10.5. The molecule has 3 amide bonds. The first-order chi connectivity index (χ1) is 11.4. The predicted molar refractivity (Wildman–Crippen MR) is 92.7 cm³/mol. The maximum absolute atomic E-state index is 12.8. The Labute approximate surface area is 143 Å². The maximum Gasteiger partial charge on any atom is 0.325 e. The highest BCUT2D eigenvalue weighted by atomic mass is 32.1. The number of hydrogen-bond donors (Lipinski definition) is 3. The summed E-state index contributed by atoms with van der Waals surface area (Å²) < 4.78 is 12.8. The molecule has 0 atom stereocenters. The maximum atomic E-state index is 12.8. The van der Waals surface area contributed by atoms with E-state index in [9.17, 15) is 14.0 Å². The molecule has 0 radical (unpaired) electrons. The fourth-order valence-corrected chi connectivity index (χ4v) is 2.49. The summed E-state index contributed by atoms with van der Waals surface area (Å²) in [5, 5.41) is 10.1. The van der Waals surface area contributed by atoms with E-state index < -0.39 is 6.03 Å². The van der Waals surface area contributed by atoms with Crippen molar-refractivity contribution in [3.63, 3.8) is 0 Å². The monoisotopic (exact) mass is 350 g/mol. The van der Waals surface area contributed by atoms with Crippen molar-refractivity contribution in [2.75, 3.05) is 17.2 Å². The highest BCUT2D eigenvalue weighted by Crippen LogP contribution is 2.16. The molecule has 6 nitrogen and oxygen atoms in total. The van der Waals surface area contributed by atoms with E-state index in [2.05, 4.69) is 20.9 Å². The van der Waals surface area contributed by atoms with Crippen LogP contribution in [0.1, 0.15) is 19.5 Å². The first-order valence-electron chi connectivity index (χ1n) is 7.47. The van der Waals surface area contributed by atoms with Crippen molar-refractivity contribution in [1.82, 2.24) is 10.3 Å². The van der Waals surface area contributed by atoms with Crippen LogP contribution in [0.5, 0.6) is 0 Å². The summed E-state index contributed by atoms with van der Waals surface area (Å²) in [7, 11) is 0. The molecular weight excluding hydrogens is 331 g/mol. The van der Waals surface area contributed by atoms with Crippen molar-refractivity contribution in [1.29, 1.82) is 0 Å². The first-order valence-corrected chi connectivity index (χ1v) is 8.35. The van der Waals surface area contributed by atoms with Crippen LogP contribution in [0.3, 0.4) is 0 Å². The largest absolute Gasteiger partial charge is 0.356 e. The summed E-state index contributed by atoms with van der Waals surface area (Å²) in [5.41, 5.74) is 1.07. The Balaban J connectivity index is 1.83. The number of rotatable bonds is 6. The summed E-state index contributed by atoms with van der Waals surface area (Å²) in [6.07, 6.45) is 0.171. The minimum absolute atomic E-state index is 0.101. The Morgan fingerprint density at radius 1 is 1.21 bits per heavy atom. The van der Waals surface area contributed by atoms with E-state index in [1.165, 1.54) is 35.6 Å². The molecular formula is C16H19FN4O2S. The van der Waals surface area contributed by atoms with Gasteiger partial charge in [-0.15, -0.1) is 11.3 Å². The molecule has 3 N–H and O–H groups in total. The topological polar surface area (TPSA) is 83.1 Å². The zero-order valence-corrected chi connectivity index (χ0v) is 14.2. The summed E-state index contributed by atoms with van der Waals surface area (Å²) in [4.78, 5) is 27.8. The molecule has 0 fully saturated rings. The second-order valence-electron chi connectivity index (χ2n) is 5.60. The number of carbonyl (C=O) groups excluding carboxylic acids is 2. The highest BCUT2D eigenvalue weighted by molar-refractivity contribution is 7.13. The van der Waals surface area contributed by atoms with Gasteiger partial charge in [0.15, 0.2) is 5.13 Å². The quantitative estimate of drug-likeness (QED) is 0.748. The van der Waals surface area contributed by atoms with Gasteiger partial charge in [0.05, 0.1) is 12.1 Å². The molecule has 24 heavy (non-hydrogen) atoms. The molecule has 1 aromatic carbocycles. The Morgan fingerprint density at radius 3 is 2.58 bits per heavy atom. The number of halogens is 1. The van der Waals surface area contributed by atoms with Crippen molar-refractivity contribution < 1.29 is 14.0 Å². The molecule has 2 rings (SSSR count). The molecule has 8 heteroatoms. The third-order valence-electron chi connectivity index (χ3n) is 2.92. The molecule has 0 aliphatic heterocycles. The van der Waals surface area contributed by atoms with E-state index in [-0.39, 0.29) is 18.1 Å². The van der Waals surface area contributed by atoms with E-state index >= 15 is 0 Å². The standard InChI is InChI=1S/C16H19FN4O2S/c1-10(2)8-18-14(22)7-13-9-24-16(20-13)21-15(23)19-12-5-3-11(17)4-6-12/h3-6,9-10H,7-8H2,1-2H3,(H,18,22)(H2,19,20,21,23). The molecule has 0 aliphatic carbocycles. The molecule has 2 aromatic rings. The minimum atomic E-state index is -0.480. The van der Waals surface area contributed by atoms with Crippen LogP contribution in [0.4, 0.5) is 20.0 Å². The number of nitrogens with zero attached hydrogens (tertiary/aromatic N) is 1. The van der Waals surface area contributed by atoms with Gasteiger partial charge in [0.2, 0.25) is 5.91 Å². The van der Waals surface area contributed by atoms with E-state index in [0.29, 0.717) is 29.0 Å². The van der Waals surface area contributed by atoms with Crippen LogP contribution < -0.4 is 16.0 Å². The lowest BCUT2D eigenvalue weighted by Crippen LogP contribution is -2.28. The molecule has 0 saturated carbocycles. The molecule has 0 bridgehead atoms. The van der Waals surface area contributed by atoms with Crippen LogP contribution in [-0.2, 0) is 11.2 Å². The predicted octanol–water partition coefficient (Wildman–Crippen LogP) is 3.24. The molecule has 0 aliphatic rings. The van der Waals surface area contributed by atoms with E-state index in [0.717, 1.165) is 0 Å². The van der Waals surface area contributed by atoms with Crippen LogP contribution in [0.15, 0.2) is 29.6 Å². The number of anilines is 2. The van der Waals surface area contributed by atoms with Crippen LogP contribution in [-0.4, -0.2) is 23.5 Å². The summed E-state index contributed by atoms with van der Waals surface area (Å²) >= 11 is 1.23. The Morgan fingerprint density at radius 2 is 1.92 bits per heavy atom. The van der Waals surface area contributed by atoms with Crippen LogP contribution in [0.25, 0.3) is 0 Å². The summed E-state index contributed by atoms with van der Waals surface area (Å²) in [5.74, 6) is -0.0886. The molecule has 1 aromatic heterocycles. The van der Waals surface area contributed by atoms with Crippen LogP contribution >= 0.6 is 11.3 Å². The number of nitrogens with one attached hydrogen (secondary N) is 3. The SMILES string of the molecule is CC(C)CNC(=O)Cc1csc(NC(=O)Nc2ccc(F)cc2)n1. The van der Waals surface area contributed by atoms with Crippen molar-refractivity contribution >= 4 is 34.1 Å². The van der Waals surface area contributed by atoms with Crippen molar-refractivity contribution in [2.45, 2.75) is 20.3 Å². The van der Waals surface area contributed by atoms with Gasteiger partial charge < -0.3 is 10.6 Å². The lowest BCUT2D eigenvalue weighted by atomic mass is 10.2. The average Bonchev–Trinajstić information content (AvgIpc) is 2.94. The lowest BCUT2D eigenvalue weighted by Gasteiger charge is -2.06. The smallest absolute Gasteiger partial charge is 0.325 e. The minimum Gasteiger partial charge on any atom is -0.356 e. The number of urea groups is 1. The molecule has 0 spiro atoms. The Kier molecular flexibility index (Phi) is 6.25. The highest BCUT2D eigenvalue weighted by Gasteiger charge is 2.10. The number of amides is 3. The summed E-state index contributed by atoms with van der Waals surface area (Å²) in [6, 6.07) is 4.95. The van der Waals surface area contributed by atoms with Gasteiger partial charge in [0.25, 0.3) is 0 Å². The van der Waals surface area contributed by atoms with Crippen LogP contribution in [0.2, 0.25) is 0 Å². The first kappa shape index (κ1) is 17.9. The van der Waals surface area contributed by atoms with Crippen LogP contribution in [0, 0.1) is 11.7 Å². The van der Waals surface area contributed by atoms with Crippen molar-refractivity contribution in [2.24, 2.45) is 5.92 Å². The third-order valence-corrected chi connectivity index (χ3v) is 3.73. The zero-order chi connectivity index (χ0) is 17.5. The Hall–Kier alpha value is -2.48. The average molecular weight is 350 g/mol. The van der Waals surface area contributed by atoms with Gasteiger partial charge in [-0.3, -0.25) is 10.1 Å². The van der Waals surface area contributed by atoms with Gasteiger partial charge in [0, 0.05) is 17.6 Å². The van der Waals surface area contributed by atoms with Gasteiger partial charge in [-0.2, -0.15) is 0 Å². The van der Waals surface area contributed by atoms with Gasteiger partial charge >= 0.3 is 6.03 Å². The van der Waals surface area contributed by atoms with E-state index in [1.54, 1.807) is 5.38 Å². The fourth-order valence-electron chi connectivity index (χ4n) is 1.78. The third kappa shape index (κ3) is 5.96. The van der Waals surface area contributed by atoms with Gasteiger partial charge in [-0.1, -0.05) is 13.8 Å². The van der Waals surface area contributed by atoms with Gasteiger partial charge in [0.1, 0.15) is 5.82 Å². The molecule has 128 valence electrons. The fraction of sp³-hybridized carbons (Fsp3) is 0.312. The second kappa shape index (κ2) is 8.39. The molecule has 0 saturated heterocycles. The number of benzene rings is 1. The van der Waals surface area contributed by atoms with Gasteiger partial charge in [-0.05, 0) is 30.2 Å². The van der Waals surface area contributed by atoms with Crippen molar-refractivity contribution in [3.05, 3.63) is 41.2 Å². The zero-order valence-electron chi connectivity index (χ0n) is 13.4. The number of hydrogen-bond acceptors (Lipinski definition) is 4. The number of carbonyl (C=O) groups is 2.